The zero-order valence-corrected chi connectivity index (χ0v) is 11.8. The number of ether oxygens (including phenoxy) is 1. The molecule has 0 spiro atoms. The first-order valence-corrected chi connectivity index (χ1v) is 7.60. The quantitative estimate of drug-likeness (QED) is 0.775. The molecule has 3 nitrogen and oxygen atoms in total. The van der Waals surface area contributed by atoms with E-state index in [0.717, 1.165) is 44.1 Å². The first-order valence-electron chi connectivity index (χ1n) is 7.60. The summed E-state index contributed by atoms with van der Waals surface area (Å²) in [4.78, 5) is 0. The van der Waals surface area contributed by atoms with Gasteiger partial charge in [0.1, 0.15) is 0 Å². The van der Waals surface area contributed by atoms with Crippen LogP contribution in [0, 0.1) is 17.2 Å². The minimum absolute atomic E-state index is 0.270. The van der Waals surface area contributed by atoms with E-state index in [1.807, 2.05) is 18.2 Å². The van der Waals surface area contributed by atoms with Crippen LogP contribution in [0.15, 0.2) is 30.3 Å². The average molecular weight is 270 g/mol. The van der Waals surface area contributed by atoms with Gasteiger partial charge in [0.15, 0.2) is 0 Å². The van der Waals surface area contributed by atoms with Crippen LogP contribution in [0.5, 0.6) is 0 Å². The number of benzene rings is 1. The standard InChI is InChI=1S/C17H22N2O/c18-13-17(15-4-2-1-3-5-15)10-16(11-17)19-8-9-20-12-14-6-7-14/h1-5,14,16,19H,6-12H2. The third-order valence-electron chi connectivity index (χ3n) is 4.46. The topological polar surface area (TPSA) is 45.0 Å². The number of nitrogens with one attached hydrogen (secondary N) is 1. The van der Waals surface area contributed by atoms with Crippen molar-refractivity contribution in [2.45, 2.75) is 37.1 Å². The Morgan fingerprint density at radius 1 is 1.25 bits per heavy atom. The summed E-state index contributed by atoms with van der Waals surface area (Å²) in [7, 11) is 0. The van der Waals surface area contributed by atoms with Gasteiger partial charge in [0.05, 0.1) is 18.1 Å². The Balaban J connectivity index is 1.39. The molecule has 3 rings (SSSR count). The summed E-state index contributed by atoms with van der Waals surface area (Å²) in [5.41, 5.74) is 0.888. The molecule has 0 bridgehead atoms. The van der Waals surface area contributed by atoms with Crippen LogP contribution in [0.3, 0.4) is 0 Å². The highest BCUT2D eigenvalue weighted by Gasteiger charge is 2.45. The normalized spacial score (nSPS) is 28.6. The highest BCUT2D eigenvalue weighted by Crippen LogP contribution is 2.43. The van der Waals surface area contributed by atoms with Crippen LogP contribution in [-0.2, 0) is 10.2 Å². The molecule has 0 radical (unpaired) electrons. The summed E-state index contributed by atoms with van der Waals surface area (Å²) in [5.74, 6) is 0.836. The first-order chi connectivity index (χ1) is 9.82. The lowest BCUT2D eigenvalue weighted by molar-refractivity contribution is 0.116. The maximum absolute atomic E-state index is 9.48. The summed E-state index contributed by atoms with van der Waals surface area (Å²) in [6.07, 6.45) is 4.52. The van der Waals surface area contributed by atoms with Crippen molar-refractivity contribution in [2.24, 2.45) is 5.92 Å². The number of nitrogens with zero attached hydrogens (tertiary/aromatic N) is 1. The second-order valence-corrected chi connectivity index (χ2v) is 6.14. The molecule has 2 aliphatic carbocycles. The van der Waals surface area contributed by atoms with E-state index in [4.69, 9.17) is 4.74 Å². The van der Waals surface area contributed by atoms with Crippen molar-refractivity contribution in [3.63, 3.8) is 0 Å². The van der Waals surface area contributed by atoms with Gasteiger partial charge in [-0.1, -0.05) is 30.3 Å². The number of hydrogen-bond acceptors (Lipinski definition) is 3. The van der Waals surface area contributed by atoms with Gasteiger partial charge < -0.3 is 10.1 Å². The van der Waals surface area contributed by atoms with Crippen LogP contribution in [0.2, 0.25) is 0 Å². The van der Waals surface area contributed by atoms with Crippen molar-refractivity contribution in [3.05, 3.63) is 35.9 Å². The molecule has 0 amide bonds. The molecule has 2 saturated carbocycles. The Labute approximate surface area is 120 Å². The van der Waals surface area contributed by atoms with E-state index in [9.17, 15) is 5.26 Å². The second kappa shape index (κ2) is 5.95. The van der Waals surface area contributed by atoms with Gasteiger partial charge in [-0.25, -0.2) is 0 Å². The van der Waals surface area contributed by atoms with E-state index in [2.05, 4.69) is 23.5 Å². The maximum atomic E-state index is 9.48. The van der Waals surface area contributed by atoms with Crippen LogP contribution < -0.4 is 5.32 Å². The smallest absolute Gasteiger partial charge is 0.0852 e. The predicted molar refractivity (Wildman–Crippen MR) is 78.3 cm³/mol. The molecule has 20 heavy (non-hydrogen) atoms. The van der Waals surface area contributed by atoms with Crippen LogP contribution in [-0.4, -0.2) is 25.8 Å². The molecule has 1 aromatic rings. The fourth-order valence-corrected chi connectivity index (χ4v) is 2.94. The minimum atomic E-state index is -0.270. The fourth-order valence-electron chi connectivity index (χ4n) is 2.94. The van der Waals surface area contributed by atoms with Crippen molar-refractivity contribution in [3.8, 4) is 6.07 Å². The molecular formula is C17H22N2O. The molecule has 0 unspecified atom stereocenters. The van der Waals surface area contributed by atoms with E-state index in [1.54, 1.807) is 0 Å². The van der Waals surface area contributed by atoms with Gasteiger partial charge in [0.2, 0.25) is 0 Å². The summed E-state index contributed by atoms with van der Waals surface area (Å²) >= 11 is 0. The summed E-state index contributed by atoms with van der Waals surface area (Å²) in [5, 5.41) is 13.0. The molecule has 3 heteroatoms. The SMILES string of the molecule is N#CC1(c2ccccc2)CC(NCCOCC2CC2)C1. The molecule has 0 heterocycles. The molecule has 2 aliphatic rings. The van der Waals surface area contributed by atoms with Gasteiger partial charge in [0, 0.05) is 19.2 Å². The third-order valence-corrected chi connectivity index (χ3v) is 4.46. The lowest BCUT2D eigenvalue weighted by Crippen LogP contribution is -2.51. The van der Waals surface area contributed by atoms with Gasteiger partial charge in [-0.15, -0.1) is 0 Å². The summed E-state index contributed by atoms with van der Waals surface area (Å²) in [6, 6.07) is 13.1. The van der Waals surface area contributed by atoms with Crippen molar-refractivity contribution in [2.75, 3.05) is 19.8 Å². The Hall–Kier alpha value is -1.37. The van der Waals surface area contributed by atoms with Gasteiger partial charge in [-0.05, 0) is 37.2 Å². The molecule has 0 aromatic heterocycles. The van der Waals surface area contributed by atoms with Crippen molar-refractivity contribution in [1.29, 1.82) is 5.26 Å². The Morgan fingerprint density at radius 2 is 2.00 bits per heavy atom. The van der Waals surface area contributed by atoms with E-state index in [-0.39, 0.29) is 5.41 Å². The van der Waals surface area contributed by atoms with E-state index < -0.39 is 0 Å². The molecular weight excluding hydrogens is 248 g/mol. The minimum Gasteiger partial charge on any atom is -0.380 e. The zero-order valence-electron chi connectivity index (χ0n) is 11.8. The molecule has 2 fully saturated rings. The fraction of sp³-hybridized carbons (Fsp3) is 0.588. The largest absolute Gasteiger partial charge is 0.380 e. The van der Waals surface area contributed by atoms with Crippen molar-refractivity contribution < 1.29 is 4.74 Å². The lowest BCUT2D eigenvalue weighted by atomic mass is 9.62. The summed E-state index contributed by atoms with van der Waals surface area (Å²) in [6.45, 7) is 2.62. The van der Waals surface area contributed by atoms with Crippen LogP contribution in [0.25, 0.3) is 0 Å². The Morgan fingerprint density at radius 3 is 2.65 bits per heavy atom. The highest BCUT2D eigenvalue weighted by molar-refractivity contribution is 5.36. The van der Waals surface area contributed by atoms with Crippen LogP contribution in [0.1, 0.15) is 31.2 Å². The van der Waals surface area contributed by atoms with E-state index in [0.29, 0.717) is 6.04 Å². The van der Waals surface area contributed by atoms with Crippen LogP contribution in [0.4, 0.5) is 0 Å². The van der Waals surface area contributed by atoms with E-state index >= 15 is 0 Å². The van der Waals surface area contributed by atoms with Crippen LogP contribution >= 0.6 is 0 Å². The first kappa shape index (κ1) is 13.6. The number of hydrogen-bond donors (Lipinski definition) is 1. The monoisotopic (exact) mass is 270 g/mol. The van der Waals surface area contributed by atoms with Crippen molar-refractivity contribution in [1.82, 2.24) is 5.32 Å². The summed E-state index contributed by atoms with van der Waals surface area (Å²) < 4.78 is 5.61. The Bertz CT molecular complexity index is 470. The molecule has 106 valence electrons. The highest BCUT2D eigenvalue weighted by atomic mass is 16.5. The Kier molecular flexibility index (Phi) is 4.05. The molecule has 0 atom stereocenters. The predicted octanol–water partition coefficient (Wildman–Crippen LogP) is 2.63. The lowest BCUT2D eigenvalue weighted by Gasteiger charge is -2.43. The zero-order chi connectivity index (χ0) is 13.8. The molecule has 0 saturated heterocycles. The van der Waals surface area contributed by atoms with E-state index in [1.165, 1.54) is 12.8 Å². The third kappa shape index (κ3) is 3.03. The average Bonchev–Trinajstić information content (AvgIpc) is 3.26. The van der Waals surface area contributed by atoms with Gasteiger partial charge in [-0.3, -0.25) is 0 Å². The maximum Gasteiger partial charge on any atom is 0.0852 e. The van der Waals surface area contributed by atoms with Gasteiger partial charge in [-0.2, -0.15) is 5.26 Å². The number of rotatable bonds is 7. The second-order valence-electron chi connectivity index (χ2n) is 6.14. The van der Waals surface area contributed by atoms with Gasteiger partial charge in [0.25, 0.3) is 0 Å². The molecule has 0 aliphatic heterocycles. The molecule has 1 N–H and O–H groups in total. The van der Waals surface area contributed by atoms with Crippen molar-refractivity contribution >= 4 is 0 Å². The van der Waals surface area contributed by atoms with Gasteiger partial charge >= 0.3 is 0 Å². The number of nitriles is 1. The molecule has 1 aromatic carbocycles.